The number of nitrogens with zero attached hydrogens (tertiary/aromatic N) is 1. The minimum Gasteiger partial charge on any atom is -0.309 e. The van der Waals surface area contributed by atoms with Crippen LogP contribution in [-0.2, 0) is 0 Å². The normalized spacial score (nSPS) is 11.8. The minimum atomic E-state index is 1.19. The van der Waals surface area contributed by atoms with Crippen molar-refractivity contribution in [3.05, 3.63) is 152 Å². The molecule has 0 aliphatic rings. The van der Waals surface area contributed by atoms with Crippen LogP contribution >= 0.6 is 11.3 Å². The van der Waals surface area contributed by atoms with Gasteiger partial charge in [-0.25, -0.2) is 0 Å². The van der Waals surface area contributed by atoms with Crippen LogP contribution in [0.4, 0.5) is 0 Å². The Labute approximate surface area is 247 Å². The van der Waals surface area contributed by atoms with E-state index in [1.165, 1.54) is 80.7 Å². The predicted octanol–water partition coefficient (Wildman–Crippen LogP) is 11.6. The van der Waals surface area contributed by atoms with Gasteiger partial charge in [0.1, 0.15) is 0 Å². The van der Waals surface area contributed by atoms with E-state index in [4.69, 9.17) is 0 Å². The number of thiophene rings is 1. The maximum absolute atomic E-state index is 2.45. The Kier molecular flexibility index (Phi) is 5.13. The first kappa shape index (κ1) is 23.5. The van der Waals surface area contributed by atoms with E-state index >= 15 is 0 Å². The Morgan fingerprint density at radius 3 is 1.90 bits per heavy atom. The van der Waals surface area contributed by atoms with Crippen LogP contribution in [0, 0.1) is 0 Å². The molecule has 9 aromatic rings. The Balaban J connectivity index is 1.33. The molecule has 0 radical (unpaired) electrons. The number of fused-ring (bicyclic) bond motifs is 8. The summed E-state index contributed by atoms with van der Waals surface area (Å²) in [5, 5.41) is 7.82. The maximum Gasteiger partial charge on any atom is 0.0548 e. The largest absolute Gasteiger partial charge is 0.309 e. The molecule has 0 bridgehead atoms. The molecule has 9 rings (SSSR count). The zero-order valence-electron chi connectivity index (χ0n) is 22.8. The zero-order valence-corrected chi connectivity index (χ0v) is 23.6. The summed E-state index contributed by atoms with van der Waals surface area (Å²) in [7, 11) is 0. The van der Waals surface area contributed by atoms with Crippen LogP contribution < -0.4 is 0 Å². The lowest BCUT2D eigenvalue weighted by atomic mass is 9.98. The van der Waals surface area contributed by atoms with Crippen molar-refractivity contribution in [3.63, 3.8) is 0 Å². The number of benzene rings is 7. The summed E-state index contributed by atoms with van der Waals surface area (Å²) >= 11 is 1.88. The molecule has 42 heavy (non-hydrogen) atoms. The molecule has 0 aliphatic heterocycles. The first-order valence-corrected chi connectivity index (χ1v) is 15.2. The molecule has 0 aliphatic carbocycles. The average molecular weight is 552 g/mol. The van der Waals surface area contributed by atoms with E-state index in [1.807, 2.05) is 11.3 Å². The molecule has 7 aromatic carbocycles. The van der Waals surface area contributed by atoms with Gasteiger partial charge in [0.25, 0.3) is 0 Å². The van der Waals surface area contributed by atoms with Gasteiger partial charge in [-0.05, 0) is 75.5 Å². The Morgan fingerprint density at radius 2 is 1.05 bits per heavy atom. The third-order valence-electron chi connectivity index (χ3n) is 8.59. The van der Waals surface area contributed by atoms with E-state index in [0.29, 0.717) is 0 Å². The van der Waals surface area contributed by atoms with E-state index in [1.54, 1.807) is 0 Å². The number of rotatable bonds is 3. The van der Waals surface area contributed by atoms with Crippen molar-refractivity contribution in [3.8, 4) is 27.9 Å². The first-order valence-electron chi connectivity index (χ1n) is 14.4. The minimum absolute atomic E-state index is 1.19. The summed E-state index contributed by atoms with van der Waals surface area (Å²) in [4.78, 5) is 0. The smallest absolute Gasteiger partial charge is 0.0548 e. The summed E-state index contributed by atoms with van der Waals surface area (Å²) < 4.78 is 5.11. The quantitative estimate of drug-likeness (QED) is 0.206. The summed E-state index contributed by atoms with van der Waals surface area (Å²) in [6.07, 6.45) is 0. The second-order valence-corrected chi connectivity index (χ2v) is 12.1. The molecule has 0 unspecified atom stereocenters. The van der Waals surface area contributed by atoms with E-state index in [-0.39, 0.29) is 0 Å². The molecule has 0 amide bonds. The van der Waals surface area contributed by atoms with Crippen molar-refractivity contribution in [1.82, 2.24) is 4.57 Å². The van der Waals surface area contributed by atoms with Gasteiger partial charge < -0.3 is 4.57 Å². The van der Waals surface area contributed by atoms with Crippen LogP contribution in [0.1, 0.15) is 0 Å². The second-order valence-electron chi connectivity index (χ2n) is 11.0. The molecule has 1 nitrogen and oxygen atoms in total. The fraction of sp³-hybridized carbons (Fsp3) is 0. The number of aromatic nitrogens is 1. The highest BCUT2D eigenvalue weighted by Gasteiger charge is 2.18. The van der Waals surface area contributed by atoms with Crippen LogP contribution in [0.25, 0.3) is 80.7 Å². The molecule has 2 heteroatoms. The number of hydrogen-bond donors (Lipinski definition) is 0. The van der Waals surface area contributed by atoms with Crippen LogP contribution in [0.5, 0.6) is 0 Å². The molecule has 0 saturated heterocycles. The van der Waals surface area contributed by atoms with E-state index in [0.717, 1.165) is 0 Å². The zero-order chi connectivity index (χ0) is 27.6. The van der Waals surface area contributed by atoms with E-state index in [9.17, 15) is 0 Å². The fourth-order valence-electron chi connectivity index (χ4n) is 6.58. The SMILES string of the molecule is c1ccc(-c2ccc(-c3ccc4c(c3)c3c5c(ccc3n4-c3ccc4ccccc4c3)sc3ccccc35)cc2)cc1. The molecule has 196 valence electrons. The molecule has 0 saturated carbocycles. The predicted molar refractivity (Wildman–Crippen MR) is 182 cm³/mol. The van der Waals surface area contributed by atoms with E-state index < -0.39 is 0 Å². The van der Waals surface area contributed by atoms with Crippen molar-refractivity contribution in [2.24, 2.45) is 0 Å². The van der Waals surface area contributed by atoms with E-state index in [2.05, 4.69) is 156 Å². The van der Waals surface area contributed by atoms with Crippen LogP contribution in [0.3, 0.4) is 0 Å². The van der Waals surface area contributed by atoms with Crippen molar-refractivity contribution in [2.75, 3.05) is 0 Å². The molecule has 0 N–H and O–H groups in total. The monoisotopic (exact) mass is 551 g/mol. The second kappa shape index (κ2) is 9.17. The van der Waals surface area contributed by atoms with Gasteiger partial charge in [0.2, 0.25) is 0 Å². The molecule has 2 aromatic heterocycles. The highest BCUT2D eigenvalue weighted by molar-refractivity contribution is 7.26. The molecule has 2 heterocycles. The van der Waals surface area contributed by atoms with Crippen molar-refractivity contribution < 1.29 is 0 Å². The molecule has 0 atom stereocenters. The lowest BCUT2D eigenvalue weighted by Crippen LogP contribution is -1.93. The third kappa shape index (κ3) is 3.56. The van der Waals surface area contributed by atoms with Crippen LogP contribution in [-0.4, -0.2) is 4.57 Å². The maximum atomic E-state index is 2.45. The Hall–Kier alpha value is -5.18. The van der Waals surface area contributed by atoms with Crippen molar-refractivity contribution >= 4 is 64.1 Å². The first-order chi connectivity index (χ1) is 20.8. The standard InChI is InChI=1S/C40H25NS/c1-2-8-26(9-3-1)28-14-16-29(17-15-28)31-19-21-35-34(25-31)39-36(22-23-38-40(39)33-12-6-7-13-37(33)42-38)41(35)32-20-18-27-10-4-5-11-30(27)24-32/h1-25H. The van der Waals surface area contributed by atoms with Crippen LogP contribution in [0.15, 0.2) is 152 Å². The average Bonchev–Trinajstić information content (AvgIpc) is 3.60. The van der Waals surface area contributed by atoms with Crippen molar-refractivity contribution in [1.29, 1.82) is 0 Å². The van der Waals surface area contributed by atoms with Gasteiger partial charge in [0.15, 0.2) is 0 Å². The Morgan fingerprint density at radius 1 is 0.381 bits per heavy atom. The van der Waals surface area contributed by atoms with Gasteiger partial charge in [0.05, 0.1) is 11.0 Å². The van der Waals surface area contributed by atoms with Crippen LogP contribution in [0.2, 0.25) is 0 Å². The van der Waals surface area contributed by atoms with Gasteiger partial charge in [0, 0.05) is 36.6 Å². The molecular weight excluding hydrogens is 527 g/mol. The topological polar surface area (TPSA) is 4.93 Å². The Bertz CT molecular complexity index is 2440. The lowest BCUT2D eigenvalue weighted by Gasteiger charge is -2.10. The highest BCUT2D eigenvalue weighted by Crippen LogP contribution is 2.44. The van der Waals surface area contributed by atoms with Gasteiger partial charge in [-0.1, -0.05) is 109 Å². The third-order valence-corrected chi connectivity index (χ3v) is 9.72. The van der Waals surface area contributed by atoms with Gasteiger partial charge in [-0.3, -0.25) is 0 Å². The van der Waals surface area contributed by atoms with Gasteiger partial charge >= 0.3 is 0 Å². The highest BCUT2D eigenvalue weighted by atomic mass is 32.1. The van der Waals surface area contributed by atoms with Gasteiger partial charge in [-0.2, -0.15) is 0 Å². The molecule has 0 fully saturated rings. The summed E-state index contributed by atoms with van der Waals surface area (Å²) in [6, 6.07) is 55.4. The molecule has 0 spiro atoms. The molecular formula is C40H25NS. The fourth-order valence-corrected chi connectivity index (χ4v) is 7.70. The summed E-state index contributed by atoms with van der Waals surface area (Å²) in [5.74, 6) is 0. The summed E-state index contributed by atoms with van der Waals surface area (Å²) in [6.45, 7) is 0. The number of hydrogen-bond acceptors (Lipinski definition) is 1. The lowest BCUT2D eigenvalue weighted by molar-refractivity contribution is 1.19. The van der Waals surface area contributed by atoms with Crippen molar-refractivity contribution in [2.45, 2.75) is 0 Å². The summed E-state index contributed by atoms with van der Waals surface area (Å²) in [5.41, 5.74) is 8.60. The van der Waals surface area contributed by atoms with Gasteiger partial charge in [-0.15, -0.1) is 11.3 Å².